The van der Waals surface area contributed by atoms with Gasteiger partial charge in [0.2, 0.25) is 0 Å². The van der Waals surface area contributed by atoms with Crippen LogP contribution in [0.15, 0.2) is 12.2 Å². The van der Waals surface area contributed by atoms with Crippen molar-refractivity contribution < 1.29 is 19.8 Å². The number of hydrogen-bond acceptors (Lipinski definition) is 3. The van der Waals surface area contributed by atoms with Gasteiger partial charge in [0.25, 0.3) is 0 Å². The Morgan fingerprint density at radius 2 is 1.58 bits per heavy atom. The molecule has 0 bridgehead atoms. The molecule has 152 valence electrons. The van der Waals surface area contributed by atoms with E-state index in [4.69, 9.17) is 5.11 Å². The highest BCUT2D eigenvalue weighted by Gasteiger charge is 2.23. The van der Waals surface area contributed by atoms with Gasteiger partial charge in [-0.25, -0.2) is 0 Å². The number of carbonyl (C=O) groups is 2. The number of ketones is 1. The molecule has 2 N–H and O–H groups in total. The zero-order chi connectivity index (χ0) is 19.8. The van der Waals surface area contributed by atoms with E-state index in [9.17, 15) is 14.7 Å². The molecule has 4 nitrogen and oxygen atoms in total. The monoisotopic (exact) mass is 368 g/mol. The zero-order valence-corrected chi connectivity index (χ0v) is 17.1. The predicted molar refractivity (Wildman–Crippen MR) is 107 cm³/mol. The van der Waals surface area contributed by atoms with Crippen molar-refractivity contribution in [3.05, 3.63) is 12.2 Å². The van der Waals surface area contributed by atoms with E-state index in [2.05, 4.69) is 13.0 Å². The molecule has 3 unspecified atom stereocenters. The Hall–Kier alpha value is -1.16. The third-order valence-corrected chi connectivity index (χ3v) is 5.11. The molecule has 0 rings (SSSR count). The fourth-order valence-corrected chi connectivity index (χ4v) is 3.55. The van der Waals surface area contributed by atoms with Gasteiger partial charge in [0.1, 0.15) is 5.78 Å². The molecule has 0 saturated heterocycles. The van der Waals surface area contributed by atoms with Gasteiger partial charge in [0.05, 0.1) is 6.10 Å². The van der Waals surface area contributed by atoms with E-state index in [1.807, 2.05) is 13.0 Å². The number of aliphatic hydroxyl groups excluding tert-OH is 1. The Morgan fingerprint density at radius 1 is 0.923 bits per heavy atom. The van der Waals surface area contributed by atoms with Crippen molar-refractivity contribution in [2.24, 2.45) is 11.8 Å². The molecule has 0 aromatic rings. The molecule has 0 heterocycles. The molecular formula is C22H40O4. The van der Waals surface area contributed by atoms with Gasteiger partial charge in [0.15, 0.2) is 0 Å². The van der Waals surface area contributed by atoms with Crippen LogP contribution in [0.4, 0.5) is 0 Å². The fraction of sp³-hybridized carbons (Fsp3) is 0.818. The first kappa shape index (κ1) is 24.8. The summed E-state index contributed by atoms with van der Waals surface area (Å²) in [5.41, 5.74) is 0. The van der Waals surface area contributed by atoms with E-state index >= 15 is 0 Å². The summed E-state index contributed by atoms with van der Waals surface area (Å²) in [5, 5.41) is 18.8. The van der Waals surface area contributed by atoms with Crippen LogP contribution in [-0.4, -0.2) is 28.1 Å². The number of Topliss-reactive ketones (excluding diaryl/α,β-unsaturated/α-hetero) is 1. The van der Waals surface area contributed by atoms with Crippen LogP contribution in [0.3, 0.4) is 0 Å². The number of carboxylic acid groups (broad SMARTS) is 1. The second-order valence-electron chi connectivity index (χ2n) is 7.48. The zero-order valence-electron chi connectivity index (χ0n) is 17.1. The van der Waals surface area contributed by atoms with Crippen molar-refractivity contribution in [1.82, 2.24) is 0 Å². The van der Waals surface area contributed by atoms with Crippen LogP contribution >= 0.6 is 0 Å². The van der Waals surface area contributed by atoms with Crippen LogP contribution < -0.4 is 0 Å². The SMILES string of the molecule is CC=CC(CCC(O)CCCCC)C(CCCCCCC(=O)O)C(C)=O. The lowest BCUT2D eigenvalue weighted by atomic mass is 9.81. The van der Waals surface area contributed by atoms with E-state index in [-0.39, 0.29) is 30.1 Å². The maximum absolute atomic E-state index is 12.2. The van der Waals surface area contributed by atoms with Crippen molar-refractivity contribution >= 4 is 11.8 Å². The molecule has 4 heteroatoms. The lowest BCUT2D eigenvalue weighted by Gasteiger charge is -2.24. The molecule has 0 saturated carbocycles. The van der Waals surface area contributed by atoms with Crippen LogP contribution in [-0.2, 0) is 9.59 Å². The molecule has 3 atom stereocenters. The van der Waals surface area contributed by atoms with Gasteiger partial charge in [-0.3, -0.25) is 9.59 Å². The number of allylic oxidation sites excluding steroid dienone is 2. The second-order valence-corrected chi connectivity index (χ2v) is 7.48. The maximum atomic E-state index is 12.2. The lowest BCUT2D eigenvalue weighted by Crippen LogP contribution is -2.22. The Morgan fingerprint density at radius 3 is 2.15 bits per heavy atom. The highest BCUT2D eigenvalue weighted by molar-refractivity contribution is 5.78. The van der Waals surface area contributed by atoms with Crippen LogP contribution in [0.1, 0.15) is 97.8 Å². The Kier molecular flexibility index (Phi) is 15.3. The number of hydrogen-bond donors (Lipinski definition) is 2. The van der Waals surface area contributed by atoms with Gasteiger partial charge in [-0.15, -0.1) is 0 Å². The Bertz CT molecular complexity index is 403. The minimum Gasteiger partial charge on any atom is -0.481 e. The summed E-state index contributed by atoms with van der Waals surface area (Å²) >= 11 is 0. The Labute approximate surface area is 160 Å². The summed E-state index contributed by atoms with van der Waals surface area (Å²) in [6, 6.07) is 0. The van der Waals surface area contributed by atoms with Crippen LogP contribution in [0, 0.1) is 11.8 Å². The summed E-state index contributed by atoms with van der Waals surface area (Å²) in [4.78, 5) is 22.7. The minimum absolute atomic E-state index is 0.00788. The van der Waals surface area contributed by atoms with E-state index in [1.165, 1.54) is 0 Å². The number of carbonyl (C=O) groups excluding carboxylic acids is 1. The van der Waals surface area contributed by atoms with Gasteiger partial charge < -0.3 is 10.2 Å². The average Bonchev–Trinajstić information content (AvgIpc) is 2.58. The molecule has 0 amide bonds. The largest absolute Gasteiger partial charge is 0.481 e. The number of aliphatic carboxylic acids is 1. The lowest BCUT2D eigenvalue weighted by molar-refractivity contribution is -0.137. The molecule has 0 aliphatic heterocycles. The molecule has 0 fully saturated rings. The molecule has 0 aromatic carbocycles. The molecular weight excluding hydrogens is 328 g/mol. The molecule has 0 spiro atoms. The third kappa shape index (κ3) is 13.1. The van der Waals surface area contributed by atoms with E-state index < -0.39 is 5.97 Å². The summed E-state index contributed by atoms with van der Waals surface area (Å²) in [5.74, 6) is -0.317. The summed E-state index contributed by atoms with van der Waals surface area (Å²) < 4.78 is 0. The van der Waals surface area contributed by atoms with Gasteiger partial charge in [-0.1, -0.05) is 57.6 Å². The fourth-order valence-electron chi connectivity index (χ4n) is 3.55. The number of aliphatic hydroxyl groups is 1. The molecule has 0 aliphatic carbocycles. The van der Waals surface area contributed by atoms with Gasteiger partial charge in [-0.2, -0.15) is 0 Å². The topological polar surface area (TPSA) is 74.6 Å². The summed E-state index contributed by atoms with van der Waals surface area (Å²) in [6.07, 6.45) is 14.3. The third-order valence-electron chi connectivity index (χ3n) is 5.11. The van der Waals surface area contributed by atoms with E-state index in [0.717, 1.165) is 64.2 Å². The normalized spacial score (nSPS) is 15.1. The van der Waals surface area contributed by atoms with E-state index in [1.54, 1.807) is 6.92 Å². The van der Waals surface area contributed by atoms with Crippen molar-refractivity contribution in [3.8, 4) is 0 Å². The van der Waals surface area contributed by atoms with Gasteiger partial charge in [0, 0.05) is 12.3 Å². The number of carboxylic acids is 1. The molecule has 0 aliphatic rings. The minimum atomic E-state index is -0.739. The standard InChI is InChI=1S/C22H40O4/c1-4-6-9-13-20(24)17-16-19(12-5-2)21(18(3)23)14-10-7-8-11-15-22(25)26/h5,12,19-21,24H,4,6-11,13-17H2,1-3H3,(H,25,26). The van der Waals surface area contributed by atoms with Gasteiger partial charge >= 0.3 is 5.97 Å². The molecule has 0 aromatic heterocycles. The van der Waals surface area contributed by atoms with Crippen molar-refractivity contribution in [2.45, 2.75) is 104 Å². The average molecular weight is 369 g/mol. The van der Waals surface area contributed by atoms with Crippen molar-refractivity contribution in [3.63, 3.8) is 0 Å². The first-order chi connectivity index (χ1) is 12.4. The molecule has 0 radical (unpaired) electrons. The quantitative estimate of drug-likeness (QED) is 0.261. The van der Waals surface area contributed by atoms with Crippen molar-refractivity contribution in [2.75, 3.05) is 0 Å². The smallest absolute Gasteiger partial charge is 0.303 e. The van der Waals surface area contributed by atoms with E-state index in [0.29, 0.717) is 6.42 Å². The summed E-state index contributed by atoms with van der Waals surface area (Å²) in [7, 11) is 0. The summed E-state index contributed by atoms with van der Waals surface area (Å²) in [6.45, 7) is 5.81. The highest BCUT2D eigenvalue weighted by Crippen LogP contribution is 2.27. The maximum Gasteiger partial charge on any atom is 0.303 e. The first-order valence-corrected chi connectivity index (χ1v) is 10.4. The highest BCUT2D eigenvalue weighted by atomic mass is 16.4. The molecule has 26 heavy (non-hydrogen) atoms. The first-order valence-electron chi connectivity index (χ1n) is 10.4. The van der Waals surface area contributed by atoms with Gasteiger partial charge in [-0.05, 0) is 51.9 Å². The second kappa shape index (κ2) is 16.0. The van der Waals surface area contributed by atoms with Crippen LogP contribution in [0.25, 0.3) is 0 Å². The number of unbranched alkanes of at least 4 members (excludes halogenated alkanes) is 5. The predicted octanol–water partition coefficient (Wildman–Crippen LogP) is 5.53. The van der Waals surface area contributed by atoms with Crippen LogP contribution in [0.2, 0.25) is 0 Å². The number of rotatable bonds is 17. The van der Waals surface area contributed by atoms with Crippen LogP contribution in [0.5, 0.6) is 0 Å². The van der Waals surface area contributed by atoms with Crippen molar-refractivity contribution in [1.29, 1.82) is 0 Å². The Balaban J connectivity index is 4.37.